The van der Waals surface area contributed by atoms with Gasteiger partial charge in [0.2, 0.25) is 10.2 Å². The first-order chi connectivity index (χ1) is 21.1. The van der Waals surface area contributed by atoms with E-state index < -0.39 is 31.5 Å². The highest BCUT2D eigenvalue weighted by atomic mass is 32.2. The molecule has 43 heavy (non-hydrogen) atoms. The SMILES string of the molecule is CSC(=S)O[C@@H]1[C@@H](OCc2ccccc2)[C@H](OCc2ccccc2)[C@@H](COCc2ccccc2)O[P@@]1(=O)c1ccccc1. The van der Waals surface area contributed by atoms with Crippen LogP contribution in [0.25, 0.3) is 0 Å². The summed E-state index contributed by atoms with van der Waals surface area (Å²) < 4.78 is 47.6. The maximum absolute atomic E-state index is 15.1. The standard InChI is InChI=1S/C34H35O6PS2/c1-43-34(42)39-33-32(38-24-28-18-10-4-11-19-28)31(37-23-27-16-8-3-9-17-27)30(25-36-22-26-14-6-2-7-15-26)40-41(33,35)29-20-12-5-13-21-29/h2-21,30-33H,22-25H2,1H3/t30-,31-,32+,33+,41+/m1/s1. The molecular weight excluding hydrogens is 599 g/mol. The highest BCUT2D eigenvalue weighted by molar-refractivity contribution is 8.22. The number of ether oxygens (including phenoxy) is 4. The molecule has 1 heterocycles. The normalized spacial score (nSPS) is 23.5. The lowest BCUT2D eigenvalue weighted by atomic mass is 10.1. The van der Waals surface area contributed by atoms with E-state index in [1.54, 1.807) is 12.1 Å². The lowest BCUT2D eigenvalue weighted by Crippen LogP contribution is -2.56. The second-order valence-corrected chi connectivity index (χ2v) is 13.9. The van der Waals surface area contributed by atoms with E-state index in [-0.39, 0.29) is 17.6 Å². The van der Waals surface area contributed by atoms with E-state index in [1.165, 1.54) is 11.8 Å². The molecule has 0 saturated carbocycles. The Morgan fingerprint density at radius 2 is 1.19 bits per heavy atom. The summed E-state index contributed by atoms with van der Waals surface area (Å²) in [6.45, 7) is 1.06. The van der Waals surface area contributed by atoms with Gasteiger partial charge in [-0.3, -0.25) is 4.57 Å². The topological polar surface area (TPSA) is 63.2 Å². The monoisotopic (exact) mass is 634 g/mol. The minimum absolute atomic E-state index is 0.135. The summed E-state index contributed by atoms with van der Waals surface area (Å²) in [5.41, 5.74) is 2.98. The van der Waals surface area contributed by atoms with Crippen molar-refractivity contribution in [1.29, 1.82) is 0 Å². The molecule has 5 rings (SSSR count). The van der Waals surface area contributed by atoms with Crippen LogP contribution in [0.4, 0.5) is 0 Å². The van der Waals surface area contributed by atoms with Crippen LogP contribution in [0.5, 0.6) is 0 Å². The van der Waals surface area contributed by atoms with Crippen molar-refractivity contribution in [2.45, 2.75) is 44.0 Å². The molecule has 0 amide bonds. The number of hydrogen-bond acceptors (Lipinski definition) is 8. The lowest BCUT2D eigenvalue weighted by molar-refractivity contribution is -0.171. The van der Waals surface area contributed by atoms with Crippen LogP contribution in [0.1, 0.15) is 16.7 Å². The van der Waals surface area contributed by atoms with Gasteiger partial charge in [0.25, 0.3) is 7.37 Å². The molecule has 4 aromatic rings. The molecule has 1 fully saturated rings. The summed E-state index contributed by atoms with van der Waals surface area (Å²) in [6.07, 6.45) is -0.371. The molecule has 0 N–H and O–H groups in total. The molecule has 6 nitrogen and oxygen atoms in total. The minimum Gasteiger partial charge on any atom is -0.462 e. The van der Waals surface area contributed by atoms with Crippen LogP contribution in [-0.4, -0.2) is 41.4 Å². The van der Waals surface area contributed by atoms with E-state index in [2.05, 4.69) is 0 Å². The number of thiocarbonyl (C=S) groups is 1. The first-order valence-corrected chi connectivity index (χ1v) is 17.4. The Morgan fingerprint density at radius 3 is 1.70 bits per heavy atom. The van der Waals surface area contributed by atoms with Gasteiger partial charge in [0.1, 0.15) is 18.3 Å². The van der Waals surface area contributed by atoms with Gasteiger partial charge in [0.05, 0.1) is 26.4 Å². The number of rotatable bonds is 12. The summed E-state index contributed by atoms with van der Waals surface area (Å²) in [5.74, 6) is -1.04. The van der Waals surface area contributed by atoms with Gasteiger partial charge in [0, 0.05) is 5.30 Å². The van der Waals surface area contributed by atoms with E-state index in [0.717, 1.165) is 16.7 Å². The van der Waals surface area contributed by atoms with Crippen molar-refractivity contribution < 1.29 is 28.0 Å². The van der Waals surface area contributed by atoms with E-state index in [0.29, 0.717) is 18.5 Å². The highest BCUT2D eigenvalue weighted by Gasteiger charge is 2.56. The minimum atomic E-state index is -3.73. The van der Waals surface area contributed by atoms with Gasteiger partial charge >= 0.3 is 0 Å². The number of hydrogen-bond donors (Lipinski definition) is 0. The van der Waals surface area contributed by atoms with Gasteiger partial charge in [-0.15, -0.1) is 0 Å². The molecule has 0 aliphatic carbocycles. The van der Waals surface area contributed by atoms with Crippen LogP contribution >= 0.6 is 31.3 Å². The summed E-state index contributed by atoms with van der Waals surface area (Å²) in [7, 11) is -3.73. The molecule has 0 spiro atoms. The summed E-state index contributed by atoms with van der Waals surface area (Å²) in [4.78, 5) is 0. The number of benzene rings is 4. The first kappa shape index (κ1) is 31.6. The van der Waals surface area contributed by atoms with Crippen LogP contribution in [0.2, 0.25) is 0 Å². The molecule has 0 radical (unpaired) electrons. The largest absolute Gasteiger partial charge is 0.462 e. The summed E-state index contributed by atoms with van der Waals surface area (Å²) in [6, 6.07) is 38.7. The predicted molar refractivity (Wildman–Crippen MR) is 176 cm³/mol. The second-order valence-electron chi connectivity index (χ2n) is 10.1. The molecule has 1 saturated heterocycles. The molecule has 4 aromatic carbocycles. The van der Waals surface area contributed by atoms with Crippen LogP contribution in [0, 0.1) is 0 Å². The van der Waals surface area contributed by atoms with Crippen molar-refractivity contribution in [3.05, 3.63) is 138 Å². The van der Waals surface area contributed by atoms with Gasteiger partial charge in [0.15, 0.2) is 0 Å². The van der Waals surface area contributed by atoms with E-state index >= 15 is 4.57 Å². The van der Waals surface area contributed by atoms with E-state index in [1.807, 2.05) is 115 Å². The second kappa shape index (κ2) is 15.8. The Bertz CT molecular complexity index is 1460. The van der Waals surface area contributed by atoms with Crippen molar-refractivity contribution in [3.63, 3.8) is 0 Å². The maximum Gasteiger partial charge on any atom is 0.274 e. The van der Waals surface area contributed by atoms with Crippen LogP contribution < -0.4 is 5.30 Å². The molecular formula is C34H35O6PS2. The fourth-order valence-electron chi connectivity index (χ4n) is 4.92. The smallest absolute Gasteiger partial charge is 0.274 e. The molecule has 1 aliphatic rings. The average Bonchev–Trinajstić information content (AvgIpc) is 3.06. The Morgan fingerprint density at radius 1 is 0.721 bits per heavy atom. The van der Waals surface area contributed by atoms with Crippen LogP contribution in [0.15, 0.2) is 121 Å². The van der Waals surface area contributed by atoms with Crippen molar-refractivity contribution in [2.75, 3.05) is 12.9 Å². The van der Waals surface area contributed by atoms with E-state index in [4.69, 9.17) is 35.7 Å². The maximum atomic E-state index is 15.1. The zero-order chi connectivity index (χ0) is 29.9. The van der Waals surface area contributed by atoms with Gasteiger partial charge in [-0.2, -0.15) is 0 Å². The van der Waals surface area contributed by atoms with Crippen LogP contribution in [-0.2, 0) is 47.9 Å². The summed E-state index contributed by atoms with van der Waals surface area (Å²) in [5, 5.41) is 0.520. The van der Waals surface area contributed by atoms with Crippen molar-refractivity contribution in [3.8, 4) is 0 Å². The molecule has 5 atom stereocenters. The molecule has 9 heteroatoms. The Kier molecular flexibility index (Phi) is 11.6. The third-order valence-corrected chi connectivity index (χ3v) is 10.8. The molecule has 0 unspecified atom stereocenters. The Balaban J connectivity index is 1.51. The Hall–Kier alpha value is -2.81. The molecule has 224 valence electrons. The molecule has 0 aromatic heterocycles. The van der Waals surface area contributed by atoms with Gasteiger partial charge in [-0.05, 0) is 47.3 Å². The first-order valence-electron chi connectivity index (χ1n) is 14.1. The summed E-state index contributed by atoms with van der Waals surface area (Å²) >= 11 is 6.76. The quantitative estimate of drug-likeness (QED) is 0.118. The highest BCUT2D eigenvalue weighted by Crippen LogP contribution is 2.59. The number of thioether (sulfide) groups is 1. The van der Waals surface area contributed by atoms with Crippen molar-refractivity contribution in [1.82, 2.24) is 0 Å². The van der Waals surface area contributed by atoms with Gasteiger partial charge < -0.3 is 23.5 Å². The fraction of sp³-hybridized carbons (Fsp3) is 0.265. The van der Waals surface area contributed by atoms with E-state index in [9.17, 15) is 0 Å². The Labute approximate surface area is 263 Å². The molecule has 0 bridgehead atoms. The van der Waals surface area contributed by atoms with Crippen molar-refractivity contribution in [2.24, 2.45) is 0 Å². The van der Waals surface area contributed by atoms with Gasteiger partial charge in [-0.1, -0.05) is 121 Å². The average molecular weight is 635 g/mol. The lowest BCUT2D eigenvalue weighted by Gasteiger charge is -2.45. The van der Waals surface area contributed by atoms with Crippen molar-refractivity contribution >= 4 is 41.0 Å². The zero-order valence-corrected chi connectivity index (χ0v) is 26.4. The third kappa shape index (κ3) is 8.43. The zero-order valence-electron chi connectivity index (χ0n) is 23.9. The fourth-order valence-corrected chi connectivity index (χ4v) is 7.96. The predicted octanol–water partition coefficient (Wildman–Crippen LogP) is 7.37. The van der Waals surface area contributed by atoms with Gasteiger partial charge in [-0.25, -0.2) is 0 Å². The van der Waals surface area contributed by atoms with Crippen LogP contribution in [0.3, 0.4) is 0 Å². The third-order valence-electron chi connectivity index (χ3n) is 7.06. The molecule has 1 aliphatic heterocycles.